The molecule has 1 heterocycles. The molecule has 3 rings (SSSR count). The number of sulfonamides is 1. The highest BCUT2D eigenvalue weighted by molar-refractivity contribution is 7.92. The van der Waals surface area contributed by atoms with E-state index in [1.807, 2.05) is 19.1 Å². The predicted octanol–water partition coefficient (Wildman–Crippen LogP) is 4.86. The number of thiophene rings is 1. The normalized spacial score (nSPS) is 11.5. The van der Waals surface area contributed by atoms with Crippen LogP contribution < -0.4 is 10.1 Å². The second-order valence-corrected chi connectivity index (χ2v) is 9.31. The van der Waals surface area contributed by atoms with Gasteiger partial charge in [0, 0.05) is 20.8 Å². The van der Waals surface area contributed by atoms with Gasteiger partial charge in [0.1, 0.15) is 5.69 Å². The summed E-state index contributed by atoms with van der Waals surface area (Å²) in [5.74, 6) is 0. The van der Waals surface area contributed by atoms with Crippen molar-refractivity contribution >= 4 is 56.2 Å². The molecule has 0 amide bonds. The summed E-state index contributed by atoms with van der Waals surface area (Å²) in [5, 5.41) is 15.8. The molecule has 2 aromatic carbocycles. The molecular formula is C18H15ClN4O4S2. The minimum absolute atomic E-state index is 0.0706. The largest absolute Gasteiger partial charge is 0.295 e. The number of aryl methyl sites for hydroxylation is 1. The summed E-state index contributed by atoms with van der Waals surface area (Å²) in [6.45, 7) is 1.96. The lowest BCUT2D eigenvalue weighted by molar-refractivity contribution is -0.384. The summed E-state index contributed by atoms with van der Waals surface area (Å²) in [5.41, 5.74) is 2.49. The van der Waals surface area contributed by atoms with Crippen LogP contribution in [0.4, 0.5) is 17.1 Å². The smallest absolute Gasteiger partial charge is 0.280 e. The maximum absolute atomic E-state index is 12.6. The van der Waals surface area contributed by atoms with Crippen LogP contribution in [0.15, 0.2) is 64.6 Å². The van der Waals surface area contributed by atoms with Crippen molar-refractivity contribution in [3.8, 4) is 0 Å². The molecular weight excluding hydrogens is 436 g/mol. The average molecular weight is 451 g/mol. The van der Waals surface area contributed by atoms with Crippen molar-refractivity contribution in [1.82, 2.24) is 0 Å². The highest BCUT2D eigenvalue weighted by Crippen LogP contribution is 2.29. The average Bonchev–Trinajstić information content (AvgIpc) is 3.06. The van der Waals surface area contributed by atoms with E-state index in [4.69, 9.17) is 11.6 Å². The SMILES string of the molecule is Cc1ccc(/C=N\Nc2ccc(S(=O)(=O)Nc3cccc(Cl)c3)cc2[N+](=O)[O-])s1. The zero-order chi connectivity index (χ0) is 21.0. The molecule has 0 aliphatic carbocycles. The summed E-state index contributed by atoms with van der Waals surface area (Å²) in [7, 11) is -4.04. The molecule has 0 spiro atoms. The van der Waals surface area contributed by atoms with Crippen molar-refractivity contribution in [3.63, 3.8) is 0 Å². The van der Waals surface area contributed by atoms with Crippen molar-refractivity contribution < 1.29 is 13.3 Å². The minimum Gasteiger partial charge on any atom is -0.280 e. The van der Waals surface area contributed by atoms with Gasteiger partial charge >= 0.3 is 0 Å². The van der Waals surface area contributed by atoms with Crippen LogP contribution in [-0.4, -0.2) is 19.6 Å². The summed E-state index contributed by atoms with van der Waals surface area (Å²) < 4.78 is 27.5. The Morgan fingerprint density at radius 2 is 1.97 bits per heavy atom. The number of halogens is 1. The Morgan fingerprint density at radius 1 is 1.17 bits per heavy atom. The van der Waals surface area contributed by atoms with Gasteiger partial charge in [-0.3, -0.25) is 20.3 Å². The van der Waals surface area contributed by atoms with Crippen molar-refractivity contribution in [2.45, 2.75) is 11.8 Å². The molecule has 0 bridgehead atoms. The highest BCUT2D eigenvalue weighted by atomic mass is 35.5. The summed E-state index contributed by atoms with van der Waals surface area (Å²) in [6, 6.07) is 13.5. The van der Waals surface area contributed by atoms with Crippen LogP contribution in [0.5, 0.6) is 0 Å². The van der Waals surface area contributed by atoms with Gasteiger partial charge in [-0.15, -0.1) is 11.3 Å². The topological polar surface area (TPSA) is 114 Å². The van der Waals surface area contributed by atoms with Crippen molar-refractivity contribution in [1.29, 1.82) is 0 Å². The predicted molar refractivity (Wildman–Crippen MR) is 116 cm³/mol. The Morgan fingerprint density at radius 3 is 2.62 bits per heavy atom. The Labute approximate surface area is 176 Å². The van der Waals surface area contributed by atoms with Gasteiger partial charge in [0.2, 0.25) is 0 Å². The fourth-order valence-electron chi connectivity index (χ4n) is 2.38. The number of nitro benzene ring substituents is 1. The second-order valence-electron chi connectivity index (χ2n) is 5.87. The fourth-order valence-corrected chi connectivity index (χ4v) is 4.39. The Balaban J connectivity index is 1.85. The molecule has 8 nitrogen and oxygen atoms in total. The van der Waals surface area contributed by atoms with Gasteiger partial charge in [-0.05, 0) is 49.4 Å². The van der Waals surface area contributed by atoms with Gasteiger partial charge in [0.15, 0.2) is 0 Å². The van der Waals surface area contributed by atoms with Crippen LogP contribution in [0.25, 0.3) is 0 Å². The molecule has 0 aliphatic heterocycles. The zero-order valence-corrected chi connectivity index (χ0v) is 17.4. The standard InChI is InChI=1S/C18H15ClN4O4S2/c1-12-5-6-15(28-12)11-20-21-17-8-7-16(10-18(17)23(24)25)29(26,27)22-14-4-2-3-13(19)9-14/h2-11,21-22H,1H3/b20-11-. The van der Waals surface area contributed by atoms with Crippen LogP contribution in [-0.2, 0) is 10.0 Å². The van der Waals surface area contributed by atoms with Crippen LogP contribution in [0, 0.1) is 17.0 Å². The van der Waals surface area contributed by atoms with Gasteiger partial charge in [0.25, 0.3) is 15.7 Å². The lowest BCUT2D eigenvalue weighted by atomic mass is 10.3. The molecule has 0 aliphatic rings. The van der Waals surface area contributed by atoms with Crippen LogP contribution in [0.3, 0.4) is 0 Å². The first kappa shape index (κ1) is 20.8. The Bertz CT molecular complexity index is 1190. The number of nitrogens with zero attached hydrogens (tertiary/aromatic N) is 2. The van der Waals surface area contributed by atoms with E-state index in [-0.39, 0.29) is 16.3 Å². The van der Waals surface area contributed by atoms with Gasteiger partial charge in [0.05, 0.1) is 21.7 Å². The lowest BCUT2D eigenvalue weighted by Crippen LogP contribution is -2.13. The molecule has 1 aromatic heterocycles. The van der Waals surface area contributed by atoms with E-state index < -0.39 is 20.6 Å². The molecule has 11 heteroatoms. The zero-order valence-electron chi connectivity index (χ0n) is 15.0. The summed E-state index contributed by atoms with van der Waals surface area (Å²) in [4.78, 5) is 12.5. The van der Waals surface area contributed by atoms with Crippen molar-refractivity contribution in [2.75, 3.05) is 10.1 Å². The number of rotatable bonds is 7. The molecule has 0 fully saturated rings. The highest BCUT2D eigenvalue weighted by Gasteiger charge is 2.21. The molecule has 150 valence electrons. The lowest BCUT2D eigenvalue weighted by Gasteiger charge is -2.09. The van der Waals surface area contributed by atoms with Crippen LogP contribution in [0.2, 0.25) is 5.02 Å². The van der Waals surface area contributed by atoms with E-state index in [2.05, 4.69) is 15.2 Å². The van der Waals surface area contributed by atoms with Gasteiger partial charge in [-0.2, -0.15) is 5.10 Å². The van der Waals surface area contributed by atoms with E-state index in [0.29, 0.717) is 5.02 Å². The van der Waals surface area contributed by atoms with Gasteiger partial charge < -0.3 is 0 Å². The number of hydrogen-bond donors (Lipinski definition) is 2. The summed E-state index contributed by atoms with van der Waals surface area (Å²) >= 11 is 7.38. The third kappa shape index (κ3) is 5.31. The number of nitrogens with one attached hydrogen (secondary N) is 2. The van der Waals surface area contributed by atoms with E-state index in [9.17, 15) is 18.5 Å². The molecule has 0 radical (unpaired) electrons. The summed E-state index contributed by atoms with van der Waals surface area (Å²) in [6.07, 6.45) is 1.53. The van der Waals surface area contributed by atoms with Crippen LogP contribution in [0.1, 0.15) is 9.75 Å². The second kappa shape index (κ2) is 8.60. The van der Waals surface area contributed by atoms with Crippen molar-refractivity contribution in [2.24, 2.45) is 5.10 Å². The number of nitro groups is 1. The molecule has 0 unspecified atom stereocenters. The first-order valence-corrected chi connectivity index (χ1v) is 10.8. The van der Waals surface area contributed by atoms with E-state index in [1.54, 1.807) is 12.1 Å². The minimum atomic E-state index is -4.04. The number of hydrazone groups is 1. The monoisotopic (exact) mass is 450 g/mol. The number of anilines is 2. The Hall–Kier alpha value is -2.95. The van der Waals surface area contributed by atoms with E-state index >= 15 is 0 Å². The molecule has 0 atom stereocenters. The molecule has 2 N–H and O–H groups in total. The molecule has 29 heavy (non-hydrogen) atoms. The van der Waals surface area contributed by atoms with E-state index in [0.717, 1.165) is 15.8 Å². The van der Waals surface area contributed by atoms with E-state index in [1.165, 1.54) is 41.8 Å². The molecule has 0 saturated heterocycles. The number of benzene rings is 2. The Kier molecular flexibility index (Phi) is 6.16. The van der Waals surface area contributed by atoms with Gasteiger partial charge in [-0.1, -0.05) is 17.7 Å². The third-order valence-electron chi connectivity index (χ3n) is 3.69. The quantitative estimate of drug-likeness (QED) is 0.303. The maximum Gasteiger partial charge on any atom is 0.295 e. The maximum atomic E-state index is 12.6. The van der Waals surface area contributed by atoms with Crippen LogP contribution >= 0.6 is 22.9 Å². The first-order chi connectivity index (χ1) is 13.7. The third-order valence-corrected chi connectivity index (χ3v) is 6.24. The molecule has 0 saturated carbocycles. The number of hydrogen-bond acceptors (Lipinski definition) is 7. The van der Waals surface area contributed by atoms with Gasteiger partial charge in [-0.25, -0.2) is 8.42 Å². The first-order valence-electron chi connectivity index (χ1n) is 8.17. The van der Waals surface area contributed by atoms with Crippen molar-refractivity contribution in [3.05, 3.63) is 79.5 Å². The molecule has 3 aromatic rings. The fraction of sp³-hybridized carbons (Fsp3) is 0.0556.